The Labute approximate surface area is 129 Å². The molecule has 0 aliphatic heterocycles. The minimum Gasteiger partial charge on any atom is -0.308 e. The van der Waals surface area contributed by atoms with Crippen molar-refractivity contribution >= 4 is 39.3 Å². The lowest BCUT2D eigenvalue weighted by molar-refractivity contribution is -0.115. The van der Waals surface area contributed by atoms with Crippen LogP contribution in [0.1, 0.15) is 18.9 Å². The van der Waals surface area contributed by atoms with Gasteiger partial charge in [-0.15, -0.1) is 0 Å². The SMILES string of the molecule is CCC(=O)Nc1nn(Cc2c(F)cccc2Cl)cc1Br. The van der Waals surface area contributed by atoms with Crippen LogP contribution in [0.15, 0.2) is 28.9 Å². The van der Waals surface area contributed by atoms with E-state index in [2.05, 4.69) is 26.3 Å². The van der Waals surface area contributed by atoms with Crippen LogP contribution in [0.2, 0.25) is 5.02 Å². The molecule has 0 radical (unpaired) electrons. The van der Waals surface area contributed by atoms with Crippen LogP contribution in [-0.4, -0.2) is 15.7 Å². The number of nitrogens with zero attached hydrogens (tertiary/aromatic N) is 2. The molecule has 106 valence electrons. The molecule has 1 aromatic carbocycles. The molecule has 7 heteroatoms. The predicted molar refractivity (Wildman–Crippen MR) is 79.4 cm³/mol. The fourth-order valence-electron chi connectivity index (χ4n) is 1.63. The number of hydrogen-bond donors (Lipinski definition) is 1. The second kappa shape index (κ2) is 6.37. The van der Waals surface area contributed by atoms with Crippen LogP contribution in [-0.2, 0) is 11.3 Å². The Bertz CT molecular complexity index is 624. The van der Waals surface area contributed by atoms with Gasteiger partial charge in [0.05, 0.1) is 11.0 Å². The first-order chi connectivity index (χ1) is 9.51. The molecule has 0 unspecified atom stereocenters. The lowest BCUT2D eigenvalue weighted by Gasteiger charge is -2.05. The fourth-order valence-corrected chi connectivity index (χ4v) is 2.27. The third-order valence-electron chi connectivity index (χ3n) is 2.68. The monoisotopic (exact) mass is 359 g/mol. The van der Waals surface area contributed by atoms with Crippen molar-refractivity contribution in [1.82, 2.24) is 9.78 Å². The van der Waals surface area contributed by atoms with E-state index >= 15 is 0 Å². The van der Waals surface area contributed by atoms with Crippen molar-refractivity contribution in [3.8, 4) is 0 Å². The van der Waals surface area contributed by atoms with E-state index in [1.54, 1.807) is 25.3 Å². The highest BCUT2D eigenvalue weighted by Crippen LogP contribution is 2.24. The number of halogens is 3. The summed E-state index contributed by atoms with van der Waals surface area (Å²) in [6.45, 7) is 1.94. The van der Waals surface area contributed by atoms with Gasteiger partial charge < -0.3 is 5.32 Å². The number of amides is 1. The maximum absolute atomic E-state index is 13.7. The molecule has 1 amide bonds. The molecule has 1 N–H and O–H groups in total. The second-order valence-electron chi connectivity index (χ2n) is 4.13. The Kier molecular flexibility index (Phi) is 4.77. The van der Waals surface area contributed by atoms with E-state index < -0.39 is 0 Å². The number of benzene rings is 1. The van der Waals surface area contributed by atoms with Crippen LogP contribution in [0.5, 0.6) is 0 Å². The van der Waals surface area contributed by atoms with Crippen LogP contribution >= 0.6 is 27.5 Å². The van der Waals surface area contributed by atoms with Crippen molar-refractivity contribution < 1.29 is 9.18 Å². The lowest BCUT2D eigenvalue weighted by Crippen LogP contribution is -2.11. The van der Waals surface area contributed by atoms with Gasteiger partial charge in [-0.2, -0.15) is 5.10 Å². The number of anilines is 1. The van der Waals surface area contributed by atoms with Gasteiger partial charge in [0.15, 0.2) is 5.82 Å². The van der Waals surface area contributed by atoms with E-state index in [-0.39, 0.29) is 18.3 Å². The topological polar surface area (TPSA) is 46.9 Å². The summed E-state index contributed by atoms with van der Waals surface area (Å²) < 4.78 is 15.8. The van der Waals surface area contributed by atoms with Gasteiger partial charge in [-0.25, -0.2) is 4.39 Å². The van der Waals surface area contributed by atoms with Gasteiger partial charge in [-0.05, 0) is 28.1 Å². The first-order valence-corrected chi connectivity index (χ1v) is 7.14. The Morgan fingerprint density at radius 2 is 2.30 bits per heavy atom. The number of hydrogen-bond acceptors (Lipinski definition) is 2. The van der Waals surface area contributed by atoms with Crippen molar-refractivity contribution in [2.45, 2.75) is 19.9 Å². The van der Waals surface area contributed by atoms with Crippen LogP contribution in [0.4, 0.5) is 10.2 Å². The van der Waals surface area contributed by atoms with Gasteiger partial charge in [0, 0.05) is 23.2 Å². The van der Waals surface area contributed by atoms with E-state index in [9.17, 15) is 9.18 Å². The zero-order valence-electron chi connectivity index (χ0n) is 10.7. The summed E-state index contributed by atoms with van der Waals surface area (Å²) in [6.07, 6.45) is 2.02. The Hall–Kier alpha value is -1.40. The minimum absolute atomic E-state index is 0.139. The van der Waals surface area contributed by atoms with Crippen LogP contribution in [0, 0.1) is 5.82 Å². The standard InChI is InChI=1S/C13H12BrClFN3O/c1-2-12(20)17-13-9(14)7-19(18-13)6-8-10(15)4-3-5-11(8)16/h3-5,7H,2,6H2,1H3,(H,17,18,20). The summed E-state index contributed by atoms with van der Waals surface area (Å²) >= 11 is 9.27. The predicted octanol–water partition coefficient (Wildman–Crippen LogP) is 3.83. The summed E-state index contributed by atoms with van der Waals surface area (Å²) in [5, 5.41) is 7.18. The zero-order valence-corrected chi connectivity index (χ0v) is 13.0. The molecular weight excluding hydrogens is 349 g/mol. The van der Waals surface area contributed by atoms with Crippen LogP contribution < -0.4 is 5.32 Å². The molecule has 0 saturated heterocycles. The highest BCUT2D eigenvalue weighted by atomic mass is 79.9. The number of nitrogens with one attached hydrogen (secondary N) is 1. The summed E-state index contributed by atoms with van der Waals surface area (Å²) in [4.78, 5) is 11.3. The maximum Gasteiger partial charge on any atom is 0.225 e. The van der Waals surface area contributed by atoms with Gasteiger partial charge in [0.1, 0.15) is 5.82 Å². The Morgan fingerprint density at radius 3 is 2.95 bits per heavy atom. The molecule has 4 nitrogen and oxygen atoms in total. The normalized spacial score (nSPS) is 10.6. The molecule has 1 heterocycles. The average molecular weight is 361 g/mol. The van der Waals surface area contributed by atoms with E-state index in [4.69, 9.17) is 11.6 Å². The van der Waals surface area contributed by atoms with Gasteiger partial charge in [-0.3, -0.25) is 9.48 Å². The van der Waals surface area contributed by atoms with Gasteiger partial charge in [0.25, 0.3) is 0 Å². The fraction of sp³-hybridized carbons (Fsp3) is 0.231. The van der Waals surface area contributed by atoms with E-state index in [0.717, 1.165) is 0 Å². The number of aromatic nitrogens is 2. The third-order valence-corrected chi connectivity index (χ3v) is 3.61. The first-order valence-electron chi connectivity index (χ1n) is 5.97. The van der Waals surface area contributed by atoms with E-state index in [1.807, 2.05) is 0 Å². The Balaban J connectivity index is 2.23. The smallest absolute Gasteiger partial charge is 0.225 e. The molecule has 0 bridgehead atoms. The van der Waals surface area contributed by atoms with Crippen LogP contribution in [0.3, 0.4) is 0 Å². The summed E-state index contributed by atoms with van der Waals surface area (Å²) in [5.74, 6) is -0.118. The third kappa shape index (κ3) is 3.37. The zero-order chi connectivity index (χ0) is 14.7. The van der Waals surface area contributed by atoms with Crippen molar-refractivity contribution in [1.29, 1.82) is 0 Å². The molecule has 20 heavy (non-hydrogen) atoms. The molecule has 0 atom stereocenters. The van der Waals surface area contributed by atoms with Gasteiger partial charge in [0.2, 0.25) is 5.91 Å². The Morgan fingerprint density at radius 1 is 1.55 bits per heavy atom. The maximum atomic E-state index is 13.7. The van der Waals surface area contributed by atoms with E-state index in [0.29, 0.717) is 27.3 Å². The molecule has 1 aromatic heterocycles. The van der Waals surface area contributed by atoms with Gasteiger partial charge >= 0.3 is 0 Å². The molecule has 0 spiro atoms. The molecular formula is C13H12BrClFN3O. The first kappa shape index (κ1) is 15.0. The molecule has 2 aromatic rings. The number of rotatable bonds is 4. The van der Waals surface area contributed by atoms with Gasteiger partial charge in [-0.1, -0.05) is 24.6 Å². The molecule has 0 aliphatic carbocycles. The van der Waals surface area contributed by atoms with Crippen molar-refractivity contribution in [2.24, 2.45) is 0 Å². The quantitative estimate of drug-likeness (QED) is 0.900. The highest BCUT2D eigenvalue weighted by molar-refractivity contribution is 9.10. The second-order valence-corrected chi connectivity index (χ2v) is 5.39. The lowest BCUT2D eigenvalue weighted by atomic mass is 10.2. The summed E-state index contributed by atoms with van der Waals surface area (Å²) in [7, 11) is 0. The number of carbonyl (C=O) groups is 1. The molecule has 0 saturated carbocycles. The molecule has 2 rings (SSSR count). The van der Waals surface area contributed by atoms with Crippen molar-refractivity contribution in [3.05, 3.63) is 45.3 Å². The average Bonchev–Trinajstić information content (AvgIpc) is 2.74. The summed E-state index contributed by atoms with van der Waals surface area (Å²) in [5.41, 5.74) is 0.359. The number of carbonyl (C=O) groups excluding carboxylic acids is 1. The largest absolute Gasteiger partial charge is 0.308 e. The van der Waals surface area contributed by atoms with Crippen LogP contribution in [0.25, 0.3) is 0 Å². The minimum atomic E-state index is -0.386. The van der Waals surface area contributed by atoms with Crippen molar-refractivity contribution in [2.75, 3.05) is 5.32 Å². The van der Waals surface area contributed by atoms with E-state index in [1.165, 1.54) is 10.7 Å². The summed E-state index contributed by atoms with van der Waals surface area (Å²) in [6, 6.07) is 4.52. The molecule has 0 fully saturated rings. The van der Waals surface area contributed by atoms with Crippen molar-refractivity contribution in [3.63, 3.8) is 0 Å². The highest BCUT2D eigenvalue weighted by Gasteiger charge is 2.12. The molecule has 0 aliphatic rings.